The summed E-state index contributed by atoms with van der Waals surface area (Å²) in [6.45, 7) is 3.44. The van der Waals surface area contributed by atoms with Crippen LogP contribution in [0.25, 0.3) is 0 Å². The van der Waals surface area contributed by atoms with Crippen molar-refractivity contribution >= 4 is 39.8 Å². The molecule has 132 valence electrons. The largest absolute Gasteiger partial charge is 0.466 e. The lowest BCUT2D eigenvalue weighted by Gasteiger charge is -2.06. The van der Waals surface area contributed by atoms with E-state index in [0.717, 1.165) is 0 Å². The van der Waals surface area contributed by atoms with Gasteiger partial charge in [0.2, 0.25) is 11.7 Å². The number of Topliss-reactive ketones (excluding diaryl/α,β-unsaturated/α-hetero) is 1. The number of rotatable bonds is 7. The normalized spacial score (nSPS) is 10.3. The van der Waals surface area contributed by atoms with Crippen molar-refractivity contribution in [3.63, 3.8) is 0 Å². The number of amides is 1. The number of ether oxygens (including phenoxy) is 1. The molecule has 2 aromatic rings. The highest BCUT2D eigenvalue weighted by Crippen LogP contribution is 2.14. The molecule has 3 N–H and O–H groups in total. The van der Waals surface area contributed by atoms with Crippen LogP contribution in [0.5, 0.6) is 0 Å². The molecule has 1 aromatic carbocycles. The monoisotopic (exact) mass is 362 g/mol. The molecule has 1 aromatic heterocycles. The van der Waals surface area contributed by atoms with Crippen LogP contribution in [0.4, 0.5) is 10.8 Å². The minimum absolute atomic E-state index is 0.00754. The zero-order chi connectivity index (χ0) is 18.4. The molecule has 0 saturated carbocycles. The fourth-order valence-electron chi connectivity index (χ4n) is 2.28. The van der Waals surface area contributed by atoms with Gasteiger partial charge in [-0.15, -0.1) is 0 Å². The Balaban J connectivity index is 2.17. The number of thiazole rings is 1. The molecule has 0 fully saturated rings. The van der Waals surface area contributed by atoms with E-state index < -0.39 is 0 Å². The maximum atomic E-state index is 12.6. The molecule has 0 spiro atoms. The molecule has 1 heterocycles. The van der Waals surface area contributed by atoms with E-state index in [1.807, 2.05) is 0 Å². The van der Waals surface area contributed by atoms with Crippen LogP contribution in [-0.4, -0.2) is 24.3 Å². The van der Waals surface area contributed by atoms with Gasteiger partial charge in [-0.1, -0.05) is 23.5 Å². The number of hydrogen-bond acceptors (Lipinski definition) is 6. The van der Waals surface area contributed by atoms with Crippen LogP contribution in [0.1, 0.15) is 29.9 Å². The van der Waals surface area contributed by atoms with Gasteiger partial charge in [-0.3, -0.25) is 20.1 Å². The first kappa shape index (κ1) is 18.6. The third-order valence-corrected chi connectivity index (χ3v) is 4.22. The van der Waals surface area contributed by atoms with Gasteiger partial charge < -0.3 is 10.1 Å². The number of carbonyl (C=O) groups excluding carboxylic acids is 3. The number of carbonyl (C=O) groups is 3. The number of nitrogens with two attached hydrogens (primary N) is 1. The molecule has 0 aliphatic heterocycles. The molecule has 0 aliphatic carbocycles. The Bertz CT molecular complexity index is 801. The topological polar surface area (TPSA) is 102 Å². The molecule has 0 atom stereocenters. The highest BCUT2D eigenvalue weighted by atomic mass is 32.1. The molecule has 1 amide bonds. The average Bonchev–Trinajstić information content (AvgIpc) is 2.88. The predicted molar refractivity (Wildman–Crippen MR) is 94.3 cm³/mol. The molecule has 2 rings (SSSR count). The Morgan fingerprint density at radius 3 is 2.76 bits per heavy atom. The quantitative estimate of drug-likeness (QED) is 0.442. The highest BCUT2D eigenvalue weighted by molar-refractivity contribution is 7.13. The summed E-state index contributed by atoms with van der Waals surface area (Å²) in [4.78, 5) is 35.4. The zero-order valence-corrected chi connectivity index (χ0v) is 14.9. The van der Waals surface area contributed by atoms with Crippen molar-refractivity contribution in [3.05, 3.63) is 40.9 Å². The summed E-state index contributed by atoms with van der Waals surface area (Å²) in [6.07, 6.45) is 0.0563. The summed E-state index contributed by atoms with van der Waals surface area (Å²) in [7, 11) is 0. The van der Waals surface area contributed by atoms with E-state index in [9.17, 15) is 14.4 Å². The zero-order valence-electron chi connectivity index (χ0n) is 14.1. The number of nitrogens with zero attached hydrogens (tertiary/aromatic N) is 1. The van der Waals surface area contributed by atoms with E-state index in [2.05, 4.69) is 5.32 Å². The third kappa shape index (κ3) is 5.12. The summed E-state index contributed by atoms with van der Waals surface area (Å²) in [5.41, 5.74) is 7.56. The fraction of sp³-hybridized carbons (Fsp3) is 0.294. The van der Waals surface area contributed by atoms with Crippen LogP contribution < -0.4 is 15.6 Å². The van der Waals surface area contributed by atoms with Gasteiger partial charge in [0.05, 0.1) is 6.61 Å². The predicted octanol–water partition coefficient (Wildman–Crippen LogP) is 1.56. The second kappa shape index (κ2) is 8.39. The number of nitrogen functional groups attached to an aromatic ring is 1. The Morgan fingerprint density at radius 1 is 1.32 bits per heavy atom. The van der Waals surface area contributed by atoms with Crippen molar-refractivity contribution in [2.24, 2.45) is 0 Å². The second-order valence-electron chi connectivity index (χ2n) is 5.32. The standard InChI is InChI=1S/C17H19N3O4S/c1-3-24-16(23)8-14-10-25-17(18)20(14)9-15(22)12-5-4-6-13(7-12)19-11(2)21/h4-7,10,18H,3,8-9H2,1-2H3,(H,19,21)/p+1. The molecule has 0 saturated heterocycles. The molecular formula is C17H20N3O4S+. The summed E-state index contributed by atoms with van der Waals surface area (Å²) in [5, 5.41) is 4.82. The molecule has 8 heteroatoms. The number of hydrogen-bond donors (Lipinski definition) is 2. The van der Waals surface area contributed by atoms with Crippen molar-refractivity contribution in [1.29, 1.82) is 0 Å². The van der Waals surface area contributed by atoms with E-state index in [1.165, 1.54) is 18.3 Å². The lowest BCUT2D eigenvalue weighted by atomic mass is 10.1. The van der Waals surface area contributed by atoms with Crippen LogP contribution in [0, 0.1) is 0 Å². The molecule has 7 nitrogen and oxygen atoms in total. The summed E-state index contributed by atoms with van der Waals surface area (Å²) >= 11 is 1.26. The minimum atomic E-state index is -0.367. The second-order valence-corrected chi connectivity index (χ2v) is 6.21. The van der Waals surface area contributed by atoms with Gasteiger partial charge in [0.15, 0.2) is 6.54 Å². The van der Waals surface area contributed by atoms with E-state index >= 15 is 0 Å². The van der Waals surface area contributed by atoms with E-state index in [-0.39, 0.29) is 30.6 Å². The molecule has 25 heavy (non-hydrogen) atoms. The van der Waals surface area contributed by atoms with Gasteiger partial charge >= 0.3 is 11.1 Å². The number of ketones is 1. The van der Waals surface area contributed by atoms with Gasteiger partial charge in [0, 0.05) is 23.6 Å². The smallest absolute Gasteiger partial charge is 0.332 e. The van der Waals surface area contributed by atoms with Gasteiger partial charge in [-0.2, -0.15) is 0 Å². The van der Waals surface area contributed by atoms with Crippen molar-refractivity contribution in [2.45, 2.75) is 26.8 Å². The van der Waals surface area contributed by atoms with Crippen LogP contribution in [0.2, 0.25) is 0 Å². The molecule has 0 aliphatic rings. The van der Waals surface area contributed by atoms with E-state index in [0.29, 0.717) is 28.7 Å². The maximum Gasteiger partial charge on any atom is 0.332 e. The number of esters is 1. The number of nitrogens with one attached hydrogen (secondary N) is 1. The fourth-order valence-corrected chi connectivity index (χ4v) is 3.06. The number of benzene rings is 1. The number of aromatic nitrogens is 1. The van der Waals surface area contributed by atoms with Gasteiger partial charge in [0.1, 0.15) is 12.1 Å². The Morgan fingerprint density at radius 2 is 2.08 bits per heavy atom. The van der Waals surface area contributed by atoms with Crippen LogP contribution in [-0.2, 0) is 27.3 Å². The van der Waals surface area contributed by atoms with Crippen molar-refractivity contribution in [2.75, 3.05) is 17.7 Å². The van der Waals surface area contributed by atoms with E-state index in [4.69, 9.17) is 10.5 Å². The van der Waals surface area contributed by atoms with Crippen molar-refractivity contribution < 1.29 is 23.7 Å². The van der Waals surface area contributed by atoms with Crippen molar-refractivity contribution in [3.8, 4) is 0 Å². The first-order chi connectivity index (χ1) is 11.9. The van der Waals surface area contributed by atoms with E-state index in [1.54, 1.807) is 41.1 Å². The lowest BCUT2D eigenvalue weighted by Crippen LogP contribution is -2.43. The lowest BCUT2D eigenvalue weighted by molar-refractivity contribution is -0.671. The molecule has 0 unspecified atom stereocenters. The van der Waals surface area contributed by atoms with Crippen LogP contribution >= 0.6 is 11.3 Å². The molecular weight excluding hydrogens is 342 g/mol. The molecule has 0 radical (unpaired) electrons. The Labute approximate surface area is 149 Å². The van der Waals surface area contributed by atoms with Gasteiger partial charge in [-0.25, -0.2) is 4.57 Å². The average molecular weight is 362 g/mol. The maximum absolute atomic E-state index is 12.6. The SMILES string of the molecule is CCOC(=O)Cc1csc(N)[n+]1CC(=O)c1cccc(NC(C)=O)c1. The van der Waals surface area contributed by atoms with Crippen LogP contribution in [0.3, 0.4) is 0 Å². The van der Waals surface area contributed by atoms with Gasteiger partial charge in [0.25, 0.3) is 0 Å². The Hall–Kier alpha value is -2.74. The molecule has 0 bridgehead atoms. The number of anilines is 2. The third-order valence-electron chi connectivity index (χ3n) is 3.37. The van der Waals surface area contributed by atoms with Crippen LogP contribution in [0.15, 0.2) is 29.6 Å². The summed E-state index contributed by atoms with van der Waals surface area (Å²) in [6, 6.07) is 6.68. The summed E-state index contributed by atoms with van der Waals surface area (Å²) < 4.78 is 6.54. The minimum Gasteiger partial charge on any atom is -0.466 e. The highest BCUT2D eigenvalue weighted by Gasteiger charge is 2.21. The first-order valence-corrected chi connectivity index (χ1v) is 8.60. The van der Waals surface area contributed by atoms with Gasteiger partial charge in [-0.05, 0) is 19.1 Å². The first-order valence-electron chi connectivity index (χ1n) is 7.72. The van der Waals surface area contributed by atoms with Crippen molar-refractivity contribution in [1.82, 2.24) is 0 Å². The summed E-state index contributed by atoms with van der Waals surface area (Å²) in [5.74, 6) is -0.751. The Kier molecular flexibility index (Phi) is 6.24.